The number of piperidine rings is 1. The molecule has 1 aliphatic heterocycles. The van der Waals surface area contributed by atoms with E-state index in [9.17, 15) is 14.4 Å². The number of nitrogens with zero attached hydrogens (tertiary/aromatic N) is 3. The molecule has 1 saturated carbocycles. The lowest BCUT2D eigenvalue weighted by molar-refractivity contribution is -0.134. The molecule has 2 aliphatic rings. The lowest BCUT2D eigenvalue weighted by atomic mass is 9.78. The fraction of sp³-hybridized carbons (Fsp3) is 0.407. The van der Waals surface area contributed by atoms with E-state index < -0.39 is 5.97 Å². The highest BCUT2D eigenvalue weighted by Crippen LogP contribution is 2.35. The molecule has 1 aromatic heterocycles. The van der Waals surface area contributed by atoms with E-state index in [1.165, 1.54) is 44.6 Å². The maximum Gasteiger partial charge on any atom is 0.337 e. The SMILES string of the molecule is COC(=O)c1ccc2c(=O)n(-c3ccccc3)c(SCC(=O)N3CCC[C@H]4CCCC[C@H]43)nc2c1. The highest BCUT2D eigenvalue weighted by atomic mass is 32.2. The van der Waals surface area contributed by atoms with Gasteiger partial charge in [0.25, 0.3) is 5.56 Å². The van der Waals surface area contributed by atoms with Gasteiger partial charge in [-0.3, -0.25) is 14.2 Å². The molecule has 3 aromatic rings. The number of carbonyl (C=O) groups is 2. The first kappa shape index (κ1) is 23.6. The van der Waals surface area contributed by atoms with Gasteiger partial charge < -0.3 is 9.64 Å². The first-order valence-electron chi connectivity index (χ1n) is 12.2. The summed E-state index contributed by atoms with van der Waals surface area (Å²) < 4.78 is 6.38. The number of thioether (sulfide) groups is 1. The maximum absolute atomic E-state index is 13.5. The Bertz CT molecular complexity index is 1310. The largest absolute Gasteiger partial charge is 0.465 e. The van der Waals surface area contributed by atoms with Crippen molar-refractivity contribution < 1.29 is 14.3 Å². The van der Waals surface area contributed by atoms with Crippen LogP contribution in [-0.2, 0) is 9.53 Å². The molecular weight excluding hydrogens is 462 g/mol. The summed E-state index contributed by atoms with van der Waals surface area (Å²) in [5.41, 5.74) is 1.18. The molecule has 182 valence electrons. The standard InChI is InChI=1S/C27H29N3O4S/c1-34-26(33)19-13-14-21-22(16-19)28-27(30(25(21)32)20-10-3-2-4-11-20)35-17-24(31)29-15-7-9-18-8-5-6-12-23(18)29/h2-4,10-11,13-14,16,18,23H,5-9,12,15,17H2,1H3/t18-,23-/m1/s1. The van der Waals surface area contributed by atoms with Gasteiger partial charge in [-0.25, -0.2) is 9.78 Å². The average molecular weight is 492 g/mol. The van der Waals surface area contributed by atoms with Crippen LogP contribution in [-0.4, -0.2) is 51.8 Å². The fourth-order valence-electron chi connectivity index (χ4n) is 5.46. The molecule has 0 N–H and O–H groups in total. The van der Waals surface area contributed by atoms with Crippen LogP contribution in [0.25, 0.3) is 16.6 Å². The number of rotatable bonds is 5. The number of methoxy groups -OCH3 is 1. The van der Waals surface area contributed by atoms with Crippen LogP contribution in [0.2, 0.25) is 0 Å². The van der Waals surface area contributed by atoms with Crippen LogP contribution < -0.4 is 5.56 Å². The Morgan fingerprint density at radius 2 is 1.83 bits per heavy atom. The molecule has 2 fully saturated rings. The van der Waals surface area contributed by atoms with Gasteiger partial charge in [0.1, 0.15) is 0 Å². The summed E-state index contributed by atoms with van der Waals surface area (Å²) in [6.45, 7) is 0.805. The van der Waals surface area contributed by atoms with E-state index in [2.05, 4.69) is 4.90 Å². The summed E-state index contributed by atoms with van der Waals surface area (Å²) in [5, 5.41) is 0.833. The summed E-state index contributed by atoms with van der Waals surface area (Å²) in [6, 6.07) is 14.4. The summed E-state index contributed by atoms with van der Waals surface area (Å²) in [6.07, 6.45) is 7.00. The van der Waals surface area contributed by atoms with E-state index in [-0.39, 0.29) is 17.2 Å². The normalized spacial score (nSPS) is 19.9. The minimum absolute atomic E-state index is 0.101. The Morgan fingerprint density at radius 1 is 1.06 bits per heavy atom. The second-order valence-electron chi connectivity index (χ2n) is 9.22. The van der Waals surface area contributed by atoms with Crippen molar-refractivity contribution in [3.8, 4) is 5.69 Å². The van der Waals surface area contributed by atoms with Crippen LogP contribution in [0.1, 0.15) is 48.9 Å². The van der Waals surface area contributed by atoms with Crippen LogP contribution in [0.4, 0.5) is 0 Å². The Morgan fingerprint density at radius 3 is 2.63 bits per heavy atom. The number of likely N-dealkylation sites (tertiary alicyclic amines) is 1. The number of hydrogen-bond acceptors (Lipinski definition) is 6. The minimum Gasteiger partial charge on any atom is -0.465 e. The van der Waals surface area contributed by atoms with E-state index >= 15 is 0 Å². The lowest BCUT2D eigenvalue weighted by Gasteiger charge is -2.44. The summed E-state index contributed by atoms with van der Waals surface area (Å²) in [4.78, 5) is 45.7. The molecule has 2 aromatic carbocycles. The van der Waals surface area contributed by atoms with Crippen LogP contribution in [0.3, 0.4) is 0 Å². The second-order valence-corrected chi connectivity index (χ2v) is 10.2. The molecule has 1 aliphatic carbocycles. The van der Waals surface area contributed by atoms with Crippen molar-refractivity contribution in [2.24, 2.45) is 5.92 Å². The third-order valence-electron chi connectivity index (χ3n) is 7.16. The zero-order valence-electron chi connectivity index (χ0n) is 19.8. The number of amides is 1. The molecule has 0 unspecified atom stereocenters. The number of aromatic nitrogens is 2. The number of para-hydroxylation sites is 1. The smallest absolute Gasteiger partial charge is 0.337 e. The predicted molar refractivity (Wildman–Crippen MR) is 136 cm³/mol. The molecule has 35 heavy (non-hydrogen) atoms. The zero-order chi connectivity index (χ0) is 24.4. The van der Waals surface area contributed by atoms with E-state index in [0.29, 0.717) is 39.3 Å². The molecule has 5 rings (SSSR count). The Hall–Kier alpha value is -3.13. The van der Waals surface area contributed by atoms with Gasteiger partial charge >= 0.3 is 5.97 Å². The first-order valence-corrected chi connectivity index (χ1v) is 13.2. The molecule has 8 heteroatoms. The average Bonchev–Trinajstić information content (AvgIpc) is 2.91. The molecular formula is C27H29N3O4S. The Kier molecular flexibility index (Phi) is 6.90. The number of esters is 1. The van der Waals surface area contributed by atoms with E-state index in [1.54, 1.807) is 22.8 Å². The van der Waals surface area contributed by atoms with Crippen LogP contribution in [0.5, 0.6) is 0 Å². The van der Waals surface area contributed by atoms with E-state index in [4.69, 9.17) is 9.72 Å². The third kappa shape index (κ3) is 4.72. The van der Waals surface area contributed by atoms with Gasteiger partial charge in [-0.15, -0.1) is 0 Å². The molecule has 2 heterocycles. The second kappa shape index (κ2) is 10.2. The maximum atomic E-state index is 13.5. The molecule has 7 nitrogen and oxygen atoms in total. The van der Waals surface area contributed by atoms with E-state index in [0.717, 1.165) is 19.4 Å². The lowest BCUT2D eigenvalue weighted by Crippen LogP contribution is -2.50. The molecule has 1 saturated heterocycles. The minimum atomic E-state index is -0.488. The molecule has 0 spiro atoms. The van der Waals surface area contributed by atoms with Crippen molar-refractivity contribution >= 4 is 34.5 Å². The number of hydrogen-bond donors (Lipinski definition) is 0. The van der Waals surface area contributed by atoms with Gasteiger partial charge in [-0.2, -0.15) is 0 Å². The summed E-state index contributed by atoms with van der Waals surface area (Å²) in [5.74, 6) is 0.441. The number of fused-ring (bicyclic) bond motifs is 2. The van der Waals surface area contributed by atoms with Crippen molar-refractivity contribution in [1.29, 1.82) is 0 Å². The molecule has 2 atom stereocenters. The predicted octanol–water partition coefficient (Wildman–Crippen LogP) is 4.45. The Labute approximate surface area is 208 Å². The van der Waals surface area contributed by atoms with Gasteiger partial charge in [0.05, 0.1) is 35.0 Å². The third-order valence-corrected chi connectivity index (χ3v) is 8.09. The van der Waals surface area contributed by atoms with Crippen molar-refractivity contribution in [1.82, 2.24) is 14.5 Å². The summed E-state index contributed by atoms with van der Waals surface area (Å²) >= 11 is 1.28. The van der Waals surface area contributed by atoms with Crippen LogP contribution >= 0.6 is 11.8 Å². The Balaban J connectivity index is 1.49. The number of carbonyl (C=O) groups excluding carboxylic acids is 2. The fourth-order valence-corrected chi connectivity index (χ4v) is 6.35. The van der Waals surface area contributed by atoms with Gasteiger partial charge in [-0.05, 0) is 61.9 Å². The van der Waals surface area contributed by atoms with Crippen molar-refractivity contribution in [3.05, 3.63) is 64.4 Å². The van der Waals surface area contributed by atoms with Crippen molar-refractivity contribution in [3.63, 3.8) is 0 Å². The molecule has 0 radical (unpaired) electrons. The van der Waals surface area contributed by atoms with Gasteiger partial charge in [0.2, 0.25) is 5.91 Å². The first-order chi connectivity index (χ1) is 17.1. The summed E-state index contributed by atoms with van der Waals surface area (Å²) in [7, 11) is 1.32. The number of benzene rings is 2. The van der Waals surface area contributed by atoms with Gasteiger partial charge in [-0.1, -0.05) is 42.8 Å². The zero-order valence-corrected chi connectivity index (χ0v) is 20.6. The van der Waals surface area contributed by atoms with Crippen LogP contribution in [0.15, 0.2) is 58.5 Å². The monoisotopic (exact) mass is 491 g/mol. The highest BCUT2D eigenvalue weighted by molar-refractivity contribution is 7.99. The molecule has 1 amide bonds. The van der Waals surface area contributed by atoms with Crippen molar-refractivity contribution in [2.45, 2.75) is 49.7 Å². The highest BCUT2D eigenvalue weighted by Gasteiger charge is 2.35. The van der Waals surface area contributed by atoms with E-state index in [1.807, 2.05) is 30.3 Å². The quantitative estimate of drug-likeness (QED) is 0.298. The van der Waals surface area contributed by atoms with Crippen LogP contribution in [0, 0.1) is 5.92 Å². The number of ether oxygens (including phenoxy) is 1. The molecule has 0 bridgehead atoms. The van der Waals surface area contributed by atoms with Gasteiger partial charge in [0.15, 0.2) is 5.16 Å². The van der Waals surface area contributed by atoms with Crippen molar-refractivity contribution in [2.75, 3.05) is 19.4 Å². The topological polar surface area (TPSA) is 81.5 Å². The van der Waals surface area contributed by atoms with Gasteiger partial charge in [0, 0.05) is 12.6 Å².